The van der Waals surface area contributed by atoms with Gasteiger partial charge in [-0.05, 0) is 24.3 Å². The number of anilines is 1. The third kappa shape index (κ3) is 5.40. The minimum Gasteiger partial charge on any atom is -0.481 e. The van der Waals surface area contributed by atoms with E-state index in [-0.39, 0.29) is 24.1 Å². The number of amides is 1. The maximum atomic E-state index is 13.8. The van der Waals surface area contributed by atoms with E-state index in [2.05, 4.69) is 10.2 Å². The second kappa shape index (κ2) is 9.32. The van der Waals surface area contributed by atoms with Crippen molar-refractivity contribution in [2.45, 2.75) is 0 Å². The van der Waals surface area contributed by atoms with Gasteiger partial charge in [0.15, 0.2) is 18.2 Å². The summed E-state index contributed by atoms with van der Waals surface area (Å²) in [5.74, 6) is -0.911. The van der Waals surface area contributed by atoms with Crippen molar-refractivity contribution in [3.63, 3.8) is 0 Å². The first kappa shape index (κ1) is 19.1. The lowest BCUT2D eigenvalue weighted by atomic mass is 10.2. The van der Waals surface area contributed by atoms with Gasteiger partial charge in [0.05, 0.1) is 5.69 Å². The minimum absolute atomic E-state index is 0.0666. The summed E-state index contributed by atoms with van der Waals surface area (Å²) in [6, 6.07) is 12.8. The van der Waals surface area contributed by atoms with Gasteiger partial charge in [-0.3, -0.25) is 9.69 Å². The van der Waals surface area contributed by atoms with Crippen LogP contribution in [0.25, 0.3) is 0 Å². The lowest BCUT2D eigenvalue weighted by molar-refractivity contribution is -0.123. The van der Waals surface area contributed by atoms with Crippen molar-refractivity contribution < 1.29 is 18.3 Å². The van der Waals surface area contributed by atoms with E-state index in [1.165, 1.54) is 18.2 Å². The number of benzene rings is 2. The Bertz CT molecular complexity index is 764. The summed E-state index contributed by atoms with van der Waals surface area (Å²) in [6.07, 6.45) is 0. The molecule has 0 atom stereocenters. The van der Waals surface area contributed by atoms with Crippen LogP contribution in [-0.4, -0.2) is 56.7 Å². The van der Waals surface area contributed by atoms with Crippen molar-refractivity contribution in [3.05, 3.63) is 60.2 Å². The van der Waals surface area contributed by atoms with Crippen molar-refractivity contribution in [1.82, 2.24) is 10.2 Å². The number of nitrogens with zero attached hydrogens (tertiary/aromatic N) is 2. The molecule has 1 fully saturated rings. The fourth-order valence-corrected chi connectivity index (χ4v) is 3.03. The van der Waals surface area contributed by atoms with E-state index < -0.39 is 5.82 Å². The number of ether oxygens (including phenoxy) is 1. The highest BCUT2D eigenvalue weighted by Crippen LogP contribution is 2.20. The molecule has 27 heavy (non-hydrogen) atoms. The highest BCUT2D eigenvalue weighted by molar-refractivity contribution is 5.77. The number of hydrogen-bond donors (Lipinski definition) is 1. The van der Waals surface area contributed by atoms with Crippen LogP contribution in [0.2, 0.25) is 0 Å². The molecule has 144 valence electrons. The second-order valence-corrected chi connectivity index (χ2v) is 6.35. The van der Waals surface area contributed by atoms with Crippen molar-refractivity contribution >= 4 is 11.6 Å². The van der Waals surface area contributed by atoms with Gasteiger partial charge in [0.1, 0.15) is 5.82 Å². The molecule has 2 aromatic carbocycles. The lowest BCUT2D eigenvalue weighted by Gasteiger charge is -2.36. The maximum absolute atomic E-state index is 13.8. The number of nitrogens with one attached hydrogen (secondary N) is 1. The minimum atomic E-state index is -0.488. The molecule has 1 heterocycles. The Labute approximate surface area is 157 Å². The van der Waals surface area contributed by atoms with E-state index in [4.69, 9.17) is 4.74 Å². The predicted octanol–water partition coefficient (Wildman–Crippen LogP) is 2.28. The first-order valence-corrected chi connectivity index (χ1v) is 8.99. The summed E-state index contributed by atoms with van der Waals surface area (Å²) in [5.41, 5.74) is 0.635. The molecule has 1 saturated heterocycles. The monoisotopic (exact) mass is 375 g/mol. The fraction of sp³-hybridized carbons (Fsp3) is 0.350. The standard InChI is InChI=1S/C20H23F2N3O2/c21-16-5-1-3-7-18(16)25-13-11-24(12-14-25)10-9-23-20(26)15-27-19-8-4-2-6-17(19)22/h1-8H,9-15H2,(H,23,26). The molecule has 0 spiro atoms. The number of halogens is 2. The predicted molar refractivity (Wildman–Crippen MR) is 100.0 cm³/mol. The molecular formula is C20H23F2N3O2. The zero-order valence-corrected chi connectivity index (χ0v) is 15.0. The molecule has 0 aliphatic carbocycles. The van der Waals surface area contributed by atoms with Crippen molar-refractivity contribution in [3.8, 4) is 5.75 Å². The molecule has 0 bridgehead atoms. The summed E-state index contributed by atoms with van der Waals surface area (Å²) in [4.78, 5) is 16.1. The zero-order chi connectivity index (χ0) is 19.1. The van der Waals surface area contributed by atoms with Crippen molar-refractivity contribution in [1.29, 1.82) is 0 Å². The summed E-state index contributed by atoms with van der Waals surface area (Å²) >= 11 is 0. The van der Waals surface area contributed by atoms with E-state index >= 15 is 0 Å². The third-order valence-corrected chi connectivity index (χ3v) is 4.51. The van der Waals surface area contributed by atoms with Gasteiger partial charge >= 0.3 is 0 Å². The second-order valence-electron chi connectivity index (χ2n) is 6.35. The molecule has 1 amide bonds. The van der Waals surface area contributed by atoms with Crippen LogP contribution in [0.3, 0.4) is 0 Å². The highest BCUT2D eigenvalue weighted by atomic mass is 19.1. The third-order valence-electron chi connectivity index (χ3n) is 4.51. The largest absolute Gasteiger partial charge is 0.481 e. The van der Waals surface area contributed by atoms with Gasteiger partial charge in [0, 0.05) is 39.3 Å². The van der Waals surface area contributed by atoms with Crippen LogP contribution in [0.4, 0.5) is 14.5 Å². The Hall–Kier alpha value is -2.67. The lowest BCUT2D eigenvalue weighted by Crippen LogP contribution is -2.49. The van der Waals surface area contributed by atoms with Crippen LogP contribution in [0.15, 0.2) is 48.5 Å². The Morgan fingerprint density at radius 1 is 0.963 bits per heavy atom. The molecule has 0 saturated carbocycles. The number of hydrogen-bond acceptors (Lipinski definition) is 4. The van der Waals surface area contributed by atoms with Crippen molar-refractivity contribution in [2.24, 2.45) is 0 Å². The number of carbonyl (C=O) groups is 1. The average molecular weight is 375 g/mol. The quantitative estimate of drug-likeness (QED) is 0.807. The molecule has 0 aromatic heterocycles. The molecule has 0 unspecified atom stereocenters. The number of para-hydroxylation sites is 2. The Kier molecular flexibility index (Phi) is 6.59. The maximum Gasteiger partial charge on any atom is 0.257 e. The normalized spacial score (nSPS) is 14.8. The molecule has 0 radical (unpaired) electrons. The van der Waals surface area contributed by atoms with Crippen LogP contribution in [-0.2, 0) is 4.79 Å². The fourth-order valence-electron chi connectivity index (χ4n) is 3.03. The topological polar surface area (TPSA) is 44.8 Å². The van der Waals surface area contributed by atoms with Gasteiger partial charge in [-0.1, -0.05) is 24.3 Å². The first-order chi connectivity index (χ1) is 13.1. The van der Waals surface area contributed by atoms with E-state index in [0.717, 1.165) is 26.2 Å². The smallest absolute Gasteiger partial charge is 0.257 e. The van der Waals surface area contributed by atoms with Gasteiger partial charge in [-0.25, -0.2) is 8.78 Å². The first-order valence-electron chi connectivity index (χ1n) is 8.99. The van der Waals surface area contributed by atoms with E-state index in [1.807, 2.05) is 11.0 Å². The van der Waals surface area contributed by atoms with Crippen LogP contribution in [0.5, 0.6) is 5.75 Å². The Morgan fingerprint density at radius 3 is 2.33 bits per heavy atom. The molecule has 2 aromatic rings. The summed E-state index contributed by atoms with van der Waals surface area (Å²) in [5, 5.41) is 2.77. The molecule has 7 heteroatoms. The zero-order valence-electron chi connectivity index (χ0n) is 15.0. The number of rotatable bonds is 7. The van der Waals surface area contributed by atoms with Crippen molar-refractivity contribution in [2.75, 3.05) is 50.8 Å². The van der Waals surface area contributed by atoms with Gasteiger partial charge < -0.3 is 15.0 Å². The van der Waals surface area contributed by atoms with Crippen LogP contribution in [0.1, 0.15) is 0 Å². The number of carbonyl (C=O) groups excluding carboxylic acids is 1. The van der Waals surface area contributed by atoms with E-state index in [9.17, 15) is 13.6 Å². The van der Waals surface area contributed by atoms with Gasteiger partial charge in [0.2, 0.25) is 0 Å². The molecular weight excluding hydrogens is 352 g/mol. The summed E-state index contributed by atoms with van der Waals surface area (Å²) in [6.45, 7) is 4.06. The molecule has 5 nitrogen and oxygen atoms in total. The summed E-state index contributed by atoms with van der Waals surface area (Å²) in [7, 11) is 0. The van der Waals surface area contributed by atoms with Gasteiger partial charge in [0.25, 0.3) is 5.91 Å². The molecule has 1 aliphatic heterocycles. The van der Waals surface area contributed by atoms with Crippen LogP contribution in [0, 0.1) is 11.6 Å². The van der Waals surface area contributed by atoms with E-state index in [1.54, 1.807) is 24.3 Å². The highest BCUT2D eigenvalue weighted by Gasteiger charge is 2.19. The Morgan fingerprint density at radius 2 is 1.63 bits per heavy atom. The molecule has 3 rings (SSSR count). The SMILES string of the molecule is O=C(COc1ccccc1F)NCCN1CCN(c2ccccc2F)CC1. The Balaban J connectivity index is 1.34. The molecule has 1 N–H and O–H groups in total. The van der Waals surface area contributed by atoms with Gasteiger partial charge in [-0.2, -0.15) is 0 Å². The van der Waals surface area contributed by atoms with Crippen LogP contribution < -0.4 is 15.0 Å². The average Bonchev–Trinajstić information content (AvgIpc) is 2.68. The van der Waals surface area contributed by atoms with Gasteiger partial charge in [-0.15, -0.1) is 0 Å². The number of piperazine rings is 1. The summed E-state index contributed by atoms with van der Waals surface area (Å²) < 4.78 is 32.4. The van der Waals surface area contributed by atoms with E-state index in [0.29, 0.717) is 18.8 Å². The van der Waals surface area contributed by atoms with Crippen LogP contribution >= 0.6 is 0 Å². The molecule has 1 aliphatic rings.